The van der Waals surface area contributed by atoms with E-state index >= 15 is 0 Å². The molecule has 2 saturated heterocycles. The molecule has 2 rings (SSSR count). The van der Waals surface area contributed by atoms with Crippen molar-refractivity contribution in [3.05, 3.63) is 0 Å². The molecule has 0 aromatic heterocycles. The number of carbonyl (C=O) groups excluding carboxylic acids is 1. The molecule has 0 bridgehead atoms. The van der Waals surface area contributed by atoms with E-state index in [1.807, 2.05) is 0 Å². The van der Waals surface area contributed by atoms with E-state index in [0.29, 0.717) is 19.6 Å². The molecule has 0 aromatic rings. The van der Waals surface area contributed by atoms with Crippen molar-refractivity contribution >= 4 is 5.97 Å². The monoisotopic (exact) mass is 229 g/mol. The third-order valence-corrected chi connectivity index (χ3v) is 2.87. The molecule has 2 fully saturated rings. The largest absolute Gasteiger partial charge is 0.463 e. The van der Waals surface area contributed by atoms with E-state index in [9.17, 15) is 4.79 Å². The summed E-state index contributed by atoms with van der Waals surface area (Å²) in [4.78, 5) is 11.5. The second-order valence-corrected chi connectivity index (χ2v) is 4.25. The fraction of sp³-hybridized carbons (Fsp3) is 0.909. The molecule has 1 N–H and O–H groups in total. The molecule has 2 aliphatic heterocycles. The molecule has 5 nitrogen and oxygen atoms in total. The van der Waals surface area contributed by atoms with E-state index in [4.69, 9.17) is 14.2 Å². The van der Waals surface area contributed by atoms with Crippen LogP contribution in [0.5, 0.6) is 0 Å². The molecule has 2 atom stereocenters. The maximum absolute atomic E-state index is 11.5. The summed E-state index contributed by atoms with van der Waals surface area (Å²) in [6.45, 7) is 3.31. The lowest BCUT2D eigenvalue weighted by molar-refractivity contribution is -0.148. The smallest absolute Gasteiger partial charge is 0.307 e. The quantitative estimate of drug-likeness (QED) is 0.692. The molecule has 0 aliphatic carbocycles. The van der Waals surface area contributed by atoms with Crippen LogP contribution in [0.15, 0.2) is 0 Å². The zero-order valence-electron chi connectivity index (χ0n) is 9.44. The number of ether oxygens (including phenoxy) is 3. The highest BCUT2D eigenvalue weighted by Gasteiger charge is 2.20. The van der Waals surface area contributed by atoms with Gasteiger partial charge in [-0.15, -0.1) is 0 Å². The molecule has 0 spiro atoms. The third kappa shape index (κ3) is 3.73. The van der Waals surface area contributed by atoms with Crippen molar-refractivity contribution in [3.8, 4) is 0 Å². The summed E-state index contributed by atoms with van der Waals surface area (Å²) in [7, 11) is 0. The topological polar surface area (TPSA) is 56.8 Å². The molecule has 0 radical (unpaired) electrons. The van der Waals surface area contributed by atoms with Gasteiger partial charge in [-0.25, -0.2) is 0 Å². The Morgan fingerprint density at radius 1 is 1.44 bits per heavy atom. The lowest BCUT2D eigenvalue weighted by atomic mass is 10.2. The highest BCUT2D eigenvalue weighted by molar-refractivity contribution is 5.70. The first-order valence-electron chi connectivity index (χ1n) is 5.93. The van der Waals surface area contributed by atoms with E-state index in [-0.39, 0.29) is 18.1 Å². The van der Waals surface area contributed by atoms with Gasteiger partial charge in [0.15, 0.2) is 0 Å². The zero-order valence-corrected chi connectivity index (χ0v) is 9.44. The van der Waals surface area contributed by atoms with E-state index in [1.54, 1.807) is 0 Å². The number of esters is 1. The first kappa shape index (κ1) is 11.8. The Bertz CT molecular complexity index is 222. The van der Waals surface area contributed by atoms with Gasteiger partial charge < -0.3 is 19.5 Å². The average molecular weight is 229 g/mol. The summed E-state index contributed by atoms with van der Waals surface area (Å²) in [5.74, 6) is -0.168. The van der Waals surface area contributed by atoms with Crippen LogP contribution >= 0.6 is 0 Å². The van der Waals surface area contributed by atoms with Crippen molar-refractivity contribution in [2.24, 2.45) is 0 Å². The average Bonchev–Trinajstić information content (AvgIpc) is 2.81. The minimum Gasteiger partial charge on any atom is -0.463 e. The number of morpholine rings is 1. The Hall–Kier alpha value is -0.650. The molecule has 2 unspecified atom stereocenters. The van der Waals surface area contributed by atoms with Crippen molar-refractivity contribution in [1.82, 2.24) is 5.32 Å². The fourth-order valence-electron chi connectivity index (χ4n) is 1.97. The summed E-state index contributed by atoms with van der Waals surface area (Å²) in [6, 6.07) is 0.103. The van der Waals surface area contributed by atoms with Crippen LogP contribution in [0.1, 0.15) is 19.3 Å². The fourth-order valence-corrected chi connectivity index (χ4v) is 1.97. The van der Waals surface area contributed by atoms with Crippen molar-refractivity contribution in [2.45, 2.75) is 31.4 Å². The maximum Gasteiger partial charge on any atom is 0.307 e. The lowest BCUT2D eigenvalue weighted by Gasteiger charge is -2.23. The van der Waals surface area contributed by atoms with E-state index in [1.165, 1.54) is 0 Å². The number of hydrogen-bond donors (Lipinski definition) is 1. The molecule has 2 aliphatic rings. The number of hydrogen-bond acceptors (Lipinski definition) is 5. The second kappa shape index (κ2) is 6.18. The molecule has 0 amide bonds. The van der Waals surface area contributed by atoms with Crippen molar-refractivity contribution in [2.75, 3.05) is 33.0 Å². The van der Waals surface area contributed by atoms with Crippen LogP contribution in [0.25, 0.3) is 0 Å². The Morgan fingerprint density at radius 3 is 3.06 bits per heavy atom. The van der Waals surface area contributed by atoms with Gasteiger partial charge >= 0.3 is 5.97 Å². The van der Waals surface area contributed by atoms with Gasteiger partial charge in [0.25, 0.3) is 0 Å². The Kier molecular flexibility index (Phi) is 4.56. The summed E-state index contributed by atoms with van der Waals surface area (Å²) >= 11 is 0. The lowest BCUT2D eigenvalue weighted by Crippen LogP contribution is -2.42. The number of nitrogens with one attached hydrogen (secondary N) is 1. The summed E-state index contributed by atoms with van der Waals surface area (Å²) in [5, 5.41) is 3.22. The molecule has 16 heavy (non-hydrogen) atoms. The highest BCUT2D eigenvalue weighted by Crippen LogP contribution is 2.12. The van der Waals surface area contributed by atoms with Gasteiger partial charge in [0.05, 0.1) is 25.7 Å². The van der Waals surface area contributed by atoms with Gasteiger partial charge in [-0.2, -0.15) is 0 Å². The minimum atomic E-state index is -0.168. The molecule has 0 saturated carbocycles. The second-order valence-electron chi connectivity index (χ2n) is 4.25. The van der Waals surface area contributed by atoms with Gasteiger partial charge in [0.1, 0.15) is 6.61 Å². The van der Waals surface area contributed by atoms with Crippen molar-refractivity contribution < 1.29 is 19.0 Å². The van der Waals surface area contributed by atoms with Crippen LogP contribution in [-0.2, 0) is 19.0 Å². The van der Waals surface area contributed by atoms with Crippen LogP contribution in [-0.4, -0.2) is 51.1 Å². The predicted molar refractivity (Wildman–Crippen MR) is 57.2 cm³/mol. The Balaban J connectivity index is 1.59. The predicted octanol–water partition coefficient (Wildman–Crippen LogP) is 0.0871. The molecule has 0 aromatic carbocycles. The van der Waals surface area contributed by atoms with Crippen LogP contribution in [0.4, 0.5) is 0 Å². The minimum absolute atomic E-state index is 0.103. The number of carbonyl (C=O) groups is 1. The number of rotatable bonds is 4. The van der Waals surface area contributed by atoms with Crippen LogP contribution in [0.3, 0.4) is 0 Å². The first-order valence-corrected chi connectivity index (χ1v) is 5.93. The van der Waals surface area contributed by atoms with E-state index in [0.717, 1.165) is 32.6 Å². The summed E-state index contributed by atoms with van der Waals surface area (Å²) < 4.78 is 15.8. The van der Waals surface area contributed by atoms with Gasteiger partial charge in [0, 0.05) is 19.2 Å². The SMILES string of the molecule is O=C(CC1COCCN1)OCC1CCCO1. The summed E-state index contributed by atoms with van der Waals surface area (Å²) in [5.41, 5.74) is 0. The Labute approximate surface area is 95.4 Å². The first-order chi connectivity index (χ1) is 7.84. The standard InChI is InChI=1S/C11H19NO4/c13-11(6-9-7-14-5-3-12-9)16-8-10-2-1-4-15-10/h9-10,12H,1-8H2. The van der Waals surface area contributed by atoms with Gasteiger partial charge in [-0.05, 0) is 12.8 Å². The molecule has 2 heterocycles. The van der Waals surface area contributed by atoms with Crippen molar-refractivity contribution in [1.29, 1.82) is 0 Å². The third-order valence-electron chi connectivity index (χ3n) is 2.87. The molecule has 5 heteroatoms. The molecular weight excluding hydrogens is 210 g/mol. The zero-order chi connectivity index (χ0) is 11.2. The van der Waals surface area contributed by atoms with E-state index in [2.05, 4.69) is 5.32 Å². The molecular formula is C11H19NO4. The van der Waals surface area contributed by atoms with Crippen LogP contribution in [0, 0.1) is 0 Å². The van der Waals surface area contributed by atoms with Gasteiger partial charge in [-0.1, -0.05) is 0 Å². The van der Waals surface area contributed by atoms with Crippen molar-refractivity contribution in [3.63, 3.8) is 0 Å². The van der Waals surface area contributed by atoms with Gasteiger partial charge in [0.2, 0.25) is 0 Å². The Morgan fingerprint density at radius 2 is 2.38 bits per heavy atom. The highest BCUT2D eigenvalue weighted by atomic mass is 16.6. The molecule has 92 valence electrons. The maximum atomic E-state index is 11.5. The van der Waals surface area contributed by atoms with Crippen LogP contribution in [0.2, 0.25) is 0 Å². The van der Waals surface area contributed by atoms with E-state index < -0.39 is 0 Å². The van der Waals surface area contributed by atoms with Crippen LogP contribution < -0.4 is 5.32 Å². The van der Waals surface area contributed by atoms with Gasteiger partial charge in [-0.3, -0.25) is 4.79 Å². The normalized spacial score (nSPS) is 30.2. The summed E-state index contributed by atoms with van der Waals surface area (Å²) in [6.07, 6.45) is 2.56.